The van der Waals surface area contributed by atoms with Crippen LogP contribution >= 0.6 is 0 Å². The van der Waals surface area contributed by atoms with Gasteiger partial charge in [0.2, 0.25) is 6.08 Å². The fourth-order valence-corrected chi connectivity index (χ4v) is 2.31. The predicted octanol–water partition coefficient (Wildman–Crippen LogP) is 1.37. The molecule has 16 heavy (non-hydrogen) atoms. The first-order valence-electron chi connectivity index (χ1n) is 4.58. The van der Waals surface area contributed by atoms with Gasteiger partial charge in [-0.2, -0.15) is 4.66 Å². The average Bonchev–Trinajstić information content (AvgIpc) is 2.31. The Hall–Kier alpha value is -1.30. The molecule has 0 atom stereocenters. The minimum atomic E-state index is -3.37. The molecular formula is C10H15NO4Si. The number of hydrogen-bond donors (Lipinski definition) is 0. The highest BCUT2D eigenvalue weighted by Gasteiger charge is 2.43. The lowest BCUT2D eigenvalue weighted by Gasteiger charge is -2.21. The predicted molar refractivity (Wildman–Crippen MR) is 62.3 cm³/mol. The summed E-state index contributed by atoms with van der Waals surface area (Å²) in [6, 6.07) is 0. The Morgan fingerprint density at radius 2 is 1.38 bits per heavy atom. The fraction of sp³-hybridized carbons (Fsp3) is 0.300. The molecule has 0 bridgehead atoms. The molecule has 0 aliphatic carbocycles. The normalized spacial score (nSPS) is 10.2. The van der Waals surface area contributed by atoms with Crippen LogP contribution in [-0.4, -0.2) is 34.9 Å². The van der Waals surface area contributed by atoms with Gasteiger partial charge in [-0.3, -0.25) is 0 Å². The van der Waals surface area contributed by atoms with Crippen molar-refractivity contribution in [3.63, 3.8) is 0 Å². The van der Waals surface area contributed by atoms with E-state index in [1.165, 1.54) is 24.3 Å². The highest BCUT2D eigenvalue weighted by atomic mass is 28.4. The molecule has 0 rings (SSSR count). The molecule has 0 unspecified atom stereocenters. The molecule has 0 aromatic rings. The van der Waals surface area contributed by atoms with Crippen molar-refractivity contribution in [3.05, 3.63) is 38.0 Å². The third kappa shape index (κ3) is 5.55. The Balaban J connectivity index is 4.69. The number of rotatable bonds is 10. The molecule has 88 valence electrons. The topological polar surface area (TPSA) is 57.1 Å². The second-order valence-corrected chi connectivity index (χ2v) is 4.66. The van der Waals surface area contributed by atoms with E-state index in [1.54, 1.807) is 0 Å². The third-order valence-electron chi connectivity index (χ3n) is 1.33. The first kappa shape index (κ1) is 14.7. The molecule has 0 aliphatic rings. The second-order valence-electron chi connectivity index (χ2n) is 2.53. The lowest BCUT2D eigenvalue weighted by molar-refractivity contribution is 0.0879. The zero-order valence-corrected chi connectivity index (χ0v) is 10.1. The average molecular weight is 241 g/mol. The number of isocyanates is 1. The Morgan fingerprint density at radius 3 is 1.62 bits per heavy atom. The molecule has 0 saturated carbocycles. The van der Waals surface area contributed by atoms with Crippen LogP contribution in [0.3, 0.4) is 0 Å². The van der Waals surface area contributed by atoms with Crippen molar-refractivity contribution in [2.24, 2.45) is 4.66 Å². The van der Waals surface area contributed by atoms with Gasteiger partial charge >= 0.3 is 8.97 Å². The van der Waals surface area contributed by atoms with Gasteiger partial charge in [0.25, 0.3) is 0 Å². The summed E-state index contributed by atoms with van der Waals surface area (Å²) in [7, 11) is -3.37. The maximum absolute atomic E-state index is 10.3. The number of nitrogens with zero attached hydrogens (tertiary/aromatic N) is 1. The van der Waals surface area contributed by atoms with Crippen LogP contribution in [0.25, 0.3) is 0 Å². The van der Waals surface area contributed by atoms with E-state index in [-0.39, 0.29) is 19.8 Å². The summed E-state index contributed by atoms with van der Waals surface area (Å²) in [6.45, 7) is 11.0. The summed E-state index contributed by atoms with van der Waals surface area (Å²) in [5.74, 6) is 0. The Bertz CT molecular complexity index is 255. The summed E-state index contributed by atoms with van der Waals surface area (Å²) < 4.78 is 19.3. The Morgan fingerprint density at radius 1 is 1.00 bits per heavy atom. The van der Waals surface area contributed by atoms with Gasteiger partial charge in [-0.25, -0.2) is 4.79 Å². The van der Waals surface area contributed by atoms with E-state index in [1.807, 2.05) is 0 Å². The van der Waals surface area contributed by atoms with Crippen LogP contribution in [0.2, 0.25) is 0 Å². The standard InChI is InChI=1S/C10H15NO4Si/c1-4-7-13-16(11-10-12,14-8-5-2)15-9-6-3/h4-6H,1-3,7-9H2. The summed E-state index contributed by atoms with van der Waals surface area (Å²) >= 11 is 0. The van der Waals surface area contributed by atoms with Crippen LogP contribution in [0.15, 0.2) is 42.6 Å². The molecule has 0 N–H and O–H groups in total. The molecule has 6 heteroatoms. The first-order valence-corrected chi connectivity index (χ1v) is 6.25. The molecule has 0 saturated heterocycles. The van der Waals surface area contributed by atoms with Gasteiger partial charge in [-0.15, -0.1) is 19.7 Å². The van der Waals surface area contributed by atoms with Gasteiger partial charge in [-0.05, 0) is 0 Å². The van der Waals surface area contributed by atoms with Gasteiger partial charge < -0.3 is 13.3 Å². The second kappa shape index (κ2) is 8.96. The van der Waals surface area contributed by atoms with Gasteiger partial charge in [0.1, 0.15) is 0 Å². The van der Waals surface area contributed by atoms with Gasteiger partial charge in [0, 0.05) is 0 Å². The molecule has 0 spiro atoms. The van der Waals surface area contributed by atoms with E-state index in [2.05, 4.69) is 24.4 Å². The van der Waals surface area contributed by atoms with Crippen LogP contribution in [-0.2, 0) is 18.1 Å². The van der Waals surface area contributed by atoms with Crippen LogP contribution in [0, 0.1) is 0 Å². The minimum absolute atomic E-state index is 0.172. The molecule has 0 fully saturated rings. The van der Waals surface area contributed by atoms with E-state index in [4.69, 9.17) is 13.3 Å². The number of carbonyl (C=O) groups excluding carboxylic acids is 1. The first-order chi connectivity index (χ1) is 7.74. The van der Waals surface area contributed by atoms with Crippen molar-refractivity contribution in [1.82, 2.24) is 0 Å². The quantitative estimate of drug-likeness (QED) is 0.251. The van der Waals surface area contributed by atoms with Crippen LogP contribution in [0.5, 0.6) is 0 Å². The molecule has 0 aromatic carbocycles. The van der Waals surface area contributed by atoms with Crippen molar-refractivity contribution < 1.29 is 18.1 Å². The summed E-state index contributed by atoms with van der Waals surface area (Å²) in [4.78, 5) is 10.3. The van der Waals surface area contributed by atoms with E-state index < -0.39 is 8.97 Å². The maximum atomic E-state index is 10.3. The summed E-state index contributed by atoms with van der Waals surface area (Å²) in [6.07, 6.45) is 5.93. The van der Waals surface area contributed by atoms with Crippen molar-refractivity contribution in [1.29, 1.82) is 0 Å². The molecule has 0 radical (unpaired) electrons. The zero-order chi connectivity index (χ0) is 12.3. The van der Waals surface area contributed by atoms with Gasteiger partial charge in [-0.1, -0.05) is 18.2 Å². The fourth-order valence-electron chi connectivity index (χ4n) is 0.770. The van der Waals surface area contributed by atoms with E-state index in [9.17, 15) is 4.79 Å². The van der Waals surface area contributed by atoms with Crippen molar-refractivity contribution in [3.8, 4) is 0 Å². The zero-order valence-electron chi connectivity index (χ0n) is 9.05. The smallest absolute Gasteiger partial charge is 0.351 e. The van der Waals surface area contributed by atoms with E-state index >= 15 is 0 Å². The highest BCUT2D eigenvalue weighted by molar-refractivity contribution is 6.59. The minimum Gasteiger partial charge on any atom is -0.351 e. The maximum Gasteiger partial charge on any atom is 0.664 e. The SMILES string of the molecule is C=CCO[Si](N=C=O)(OCC=C)OCC=C. The third-order valence-corrected chi connectivity index (χ3v) is 3.29. The van der Waals surface area contributed by atoms with E-state index in [0.29, 0.717) is 0 Å². The highest BCUT2D eigenvalue weighted by Crippen LogP contribution is 2.11. The van der Waals surface area contributed by atoms with Crippen LogP contribution in [0.4, 0.5) is 0 Å². The summed E-state index contributed by atoms with van der Waals surface area (Å²) in [5, 5.41) is 0. The molecular weight excluding hydrogens is 226 g/mol. The Labute approximate surface area is 96.2 Å². The monoisotopic (exact) mass is 241 g/mol. The van der Waals surface area contributed by atoms with Crippen LogP contribution in [0.1, 0.15) is 0 Å². The van der Waals surface area contributed by atoms with Crippen LogP contribution < -0.4 is 0 Å². The van der Waals surface area contributed by atoms with E-state index in [0.717, 1.165) is 0 Å². The molecule has 0 aliphatic heterocycles. The van der Waals surface area contributed by atoms with Crippen molar-refractivity contribution in [2.45, 2.75) is 0 Å². The largest absolute Gasteiger partial charge is 0.664 e. The molecule has 0 heterocycles. The summed E-state index contributed by atoms with van der Waals surface area (Å²) in [5.41, 5.74) is 0. The van der Waals surface area contributed by atoms with Gasteiger partial charge in [0.15, 0.2) is 0 Å². The van der Waals surface area contributed by atoms with Crippen molar-refractivity contribution in [2.75, 3.05) is 19.8 Å². The molecule has 0 amide bonds. The number of hydrogen-bond acceptors (Lipinski definition) is 5. The molecule has 5 nitrogen and oxygen atoms in total. The molecule has 0 aromatic heterocycles. The van der Waals surface area contributed by atoms with Crippen molar-refractivity contribution >= 4 is 15.0 Å². The Kier molecular flexibility index (Phi) is 8.23. The van der Waals surface area contributed by atoms with Gasteiger partial charge in [0.05, 0.1) is 19.8 Å². The lowest BCUT2D eigenvalue weighted by Crippen LogP contribution is -2.44. The lowest BCUT2D eigenvalue weighted by atomic mass is 10.7.